The van der Waals surface area contributed by atoms with Gasteiger partial charge in [0.15, 0.2) is 5.82 Å². The summed E-state index contributed by atoms with van der Waals surface area (Å²) in [5.74, 6) is 1.82. The number of morpholine rings is 1. The molecule has 2 saturated heterocycles. The van der Waals surface area contributed by atoms with Crippen molar-refractivity contribution in [3.63, 3.8) is 0 Å². The zero-order valence-electron chi connectivity index (χ0n) is 19.1. The highest BCUT2D eigenvalue weighted by Crippen LogP contribution is 2.45. The fraction of sp³-hybridized carbons (Fsp3) is 0.640. The number of ether oxygens (including phenoxy) is 1. The van der Waals surface area contributed by atoms with Crippen molar-refractivity contribution >= 4 is 5.91 Å². The number of carbonyl (C=O) groups excluding carboxylic acids is 1. The second-order valence-electron chi connectivity index (χ2n) is 9.68. The van der Waals surface area contributed by atoms with Crippen molar-refractivity contribution in [2.24, 2.45) is 5.92 Å². The highest BCUT2D eigenvalue weighted by atomic mass is 16.5. The molecule has 7 heteroatoms. The summed E-state index contributed by atoms with van der Waals surface area (Å²) in [5, 5.41) is 4.46. The summed E-state index contributed by atoms with van der Waals surface area (Å²) in [6.07, 6.45) is 6.49. The molecule has 0 bridgehead atoms. The van der Waals surface area contributed by atoms with Gasteiger partial charge in [-0.25, -0.2) is 0 Å². The van der Waals surface area contributed by atoms with Crippen molar-refractivity contribution in [1.29, 1.82) is 0 Å². The number of benzene rings is 1. The first kappa shape index (κ1) is 21.6. The molecular formula is C25H34N4O3. The number of aryl methyl sites for hydroxylation is 1. The van der Waals surface area contributed by atoms with E-state index < -0.39 is 0 Å². The number of carbonyl (C=O) groups is 1. The molecule has 0 spiro atoms. The Kier molecular flexibility index (Phi) is 6.28. The van der Waals surface area contributed by atoms with Gasteiger partial charge in [-0.15, -0.1) is 0 Å². The molecule has 1 aliphatic carbocycles. The first-order chi connectivity index (χ1) is 15.6. The third-order valence-corrected chi connectivity index (χ3v) is 7.49. The van der Waals surface area contributed by atoms with Crippen LogP contribution in [0.15, 0.2) is 28.8 Å². The van der Waals surface area contributed by atoms with Crippen molar-refractivity contribution in [2.75, 3.05) is 39.4 Å². The largest absolute Gasteiger partial charge is 0.378 e. The van der Waals surface area contributed by atoms with Crippen LogP contribution in [0.3, 0.4) is 0 Å². The number of hydrogen-bond donors (Lipinski definition) is 0. The van der Waals surface area contributed by atoms with Crippen LogP contribution in [-0.2, 0) is 21.5 Å². The molecule has 3 heterocycles. The molecule has 2 aliphatic heterocycles. The van der Waals surface area contributed by atoms with Crippen LogP contribution in [0.1, 0.15) is 61.4 Å². The summed E-state index contributed by atoms with van der Waals surface area (Å²) >= 11 is 0. The molecule has 1 aromatic carbocycles. The quantitative estimate of drug-likeness (QED) is 0.713. The van der Waals surface area contributed by atoms with Crippen molar-refractivity contribution in [3.8, 4) is 0 Å². The van der Waals surface area contributed by atoms with Crippen LogP contribution in [0.5, 0.6) is 0 Å². The summed E-state index contributed by atoms with van der Waals surface area (Å²) < 4.78 is 11.1. The van der Waals surface area contributed by atoms with Gasteiger partial charge in [0.05, 0.1) is 31.1 Å². The van der Waals surface area contributed by atoms with E-state index in [9.17, 15) is 4.79 Å². The van der Waals surface area contributed by atoms with E-state index in [-0.39, 0.29) is 17.2 Å². The lowest BCUT2D eigenvalue weighted by molar-refractivity contribution is -0.141. The Balaban J connectivity index is 1.27. The lowest BCUT2D eigenvalue weighted by Crippen LogP contribution is -2.48. The maximum Gasteiger partial charge on any atom is 0.240 e. The molecule has 172 valence electrons. The Morgan fingerprint density at radius 1 is 1.09 bits per heavy atom. The van der Waals surface area contributed by atoms with Gasteiger partial charge in [-0.1, -0.05) is 47.8 Å². The average molecular weight is 439 g/mol. The Bertz CT molecular complexity index is 914. The minimum Gasteiger partial charge on any atom is -0.378 e. The minimum atomic E-state index is -0.133. The summed E-state index contributed by atoms with van der Waals surface area (Å²) in [6.45, 7) is 7.18. The van der Waals surface area contributed by atoms with Gasteiger partial charge in [-0.2, -0.15) is 4.98 Å². The lowest BCUT2D eigenvalue weighted by Gasteiger charge is -2.35. The molecule has 1 atom stereocenters. The number of aromatic nitrogens is 2. The first-order valence-corrected chi connectivity index (χ1v) is 12.1. The average Bonchev–Trinajstić information content (AvgIpc) is 3.51. The van der Waals surface area contributed by atoms with E-state index >= 15 is 0 Å². The zero-order valence-corrected chi connectivity index (χ0v) is 19.1. The van der Waals surface area contributed by atoms with Gasteiger partial charge in [0.2, 0.25) is 11.8 Å². The summed E-state index contributed by atoms with van der Waals surface area (Å²) in [4.78, 5) is 22.1. The number of hydrogen-bond acceptors (Lipinski definition) is 6. The highest BCUT2D eigenvalue weighted by Gasteiger charge is 2.41. The standard InChI is InChI=1S/C25H34N4O3/c1-19-6-8-21(9-7-19)25(10-2-3-11-25)24-26-22(32-27-24)18-28-12-4-5-20(17-28)23(30)29-13-15-31-16-14-29/h6-9,20H,2-5,10-18H2,1H3. The van der Waals surface area contributed by atoms with Crippen LogP contribution in [0, 0.1) is 12.8 Å². The van der Waals surface area contributed by atoms with Crippen LogP contribution >= 0.6 is 0 Å². The maximum atomic E-state index is 12.9. The topological polar surface area (TPSA) is 71.7 Å². The number of likely N-dealkylation sites (tertiary alicyclic amines) is 1. The van der Waals surface area contributed by atoms with Crippen LogP contribution in [-0.4, -0.2) is 65.2 Å². The molecule has 1 amide bonds. The van der Waals surface area contributed by atoms with Crippen LogP contribution in [0.25, 0.3) is 0 Å². The van der Waals surface area contributed by atoms with Crippen molar-refractivity contribution in [3.05, 3.63) is 47.1 Å². The molecule has 32 heavy (non-hydrogen) atoms. The summed E-state index contributed by atoms with van der Waals surface area (Å²) in [7, 11) is 0. The molecule has 7 nitrogen and oxygen atoms in total. The van der Waals surface area contributed by atoms with E-state index in [1.807, 2.05) is 4.90 Å². The number of amides is 1. The van der Waals surface area contributed by atoms with E-state index in [2.05, 4.69) is 41.2 Å². The van der Waals surface area contributed by atoms with Crippen LogP contribution in [0.2, 0.25) is 0 Å². The monoisotopic (exact) mass is 438 g/mol. The molecule has 1 aromatic heterocycles. The van der Waals surface area contributed by atoms with E-state index in [1.54, 1.807) is 0 Å². The lowest BCUT2D eigenvalue weighted by atomic mass is 9.78. The minimum absolute atomic E-state index is 0.0537. The first-order valence-electron chi connectivity index (χ1n) is 12.1. The third-order valence-electron chi connectivity index (χ3n) is 7.49. The van der Waals surface area contributed by atoms with Gasteiger partial charge in [0.1, 0.15) is 0 Å². The predicted octanol–water partition coefficient (Wildman–Crippen LogP) is 3.31. The maximum absolute atomic E-state index is 12.9. The van der Waals surface area contributed by atoms with E-state index in [0.29, 0.717) is 38.7 Å². The third kappa shape index (κ3) is 4.33. The van der Waals surface area contributed by atoms with Gasteiger partial charge in [0.25, 0.3) is 0 Å². The van der Waals surface area contributed by atoms with Gasteiger partial charge >= 0.3 is 0 Å². The number of rotatable bonds is 5. The normalized spacial score (nSPS) is 24.0. The van der Waals surface area contributed by atoms with Gasteiger partial charge in [-0.05, 0) is 44.7 Å². The molecule has 0 N–H and O–H groups in total. The molecule has 1 saturated carbocycles. The molecule has 5 rings (SSSR count). The SMILES string of the molecule is Cc1ccc(C2(c3noc(CN4CCCC(C(=O)N5CCOCC5)C4)n3)CCCC2)cc1. The van der Waals surface area contributed by atoms with E-state index in [1.165, 1.54) is 24.0 Å². The van der Waals surface area contributed by atoms with Gasteiger partial charge < -0.3 is 14.2 Å². The second kappa shape index (κ2) is 9.32. The highest BCUT2D eigenvalue weighted by molar-refractivity contribution is 5.79. The van der Waals surface area contributed by atoms with Crippen molar-refractivity contribution in [1.82, 2.24) is 19.9 Å². The molecular weight excluding hydrogens is 404 g/mol. The predicted molar refractivity (Wildman–Crippen MR) is 120 cm³/mol. The molecule has 2 aromatic rings. The van der Waals surface area contributed by atoms with Gasteiger partial charge in [0, 0.05) is 19.6 Å². The Morgan fingerprint density at radius 3 is 2.59 bits per heavy atom. The van der Waals surface area contributed by atoms with Crippen molar-refractivity contribution < 1.29 is 14.1 Å². The van der Waals surface area contributed by atoms with Crippen LogP contribution < -0.4 is 0 Å². The molecule has 0 radical (unpaired) electrons. The molecule has 3 fully saturated rings. The zero-order chi connectivity index (χ0) is 22.0. The van der Waals surface area contributed by atoms with Gasteiger partial charge in [-0.3, -0.25) is 9.69 Å². The number of piperidine rings is 1. The summed E-state index contributed by atoms with van der Waals surface area (Å²) in [6, 6.07) is 8.80. The summed E-state index contributed by atoms with van der Waals surface area (Å²) in [5.41, 5.74) is 2.43. The van der Waals surface area contributed by atoms with Crippen molar-refractivity contribution in [2.45, 2.75) is 57.4 Å². The second-order valence-corrected chi connectivity index (χ2v) is 9.68. The van der Waals surface area contributed by atoms with E-state index in [0.717, 1.165) is 44.6 Å². The molecule has 3 aliphatic rings. The Morgan fingerprint density at radius 2 is 1.84 bits per heavy atom. The number of nitrogens with zero attached hydrogens (tertiary/aromatic N) is 4. The van der Waals surface area contributed by atoms with Crippen LogP contribution in [0.4, 0.5) is 0 Å². The Labute approximate surface area is 190 Å². The Hall–Kier alpha value is -2.25. The van der Waals surface area contributed by atoms with E-state index in [4.69, 9.17) is 14.2 Å². The fourth-order valence-corrected chi connectivity index (χ4v) is 5.64. The fourth-order valence-electron chi connectivity index (χ4n) is 5.64. The smallest absolute Gasteiger partial charge is 0.240 e. The molecule has 1 unspecified atom stereocenters.